The third-order valence-electron chi connectivity index (χ3n) is 4.65. The molecule has 2 aromatic heterocycles. The predicted octanol–water partition coefficient (Wildman–Crippen LogP) is 2.79. The number of rotatable bonds is 5. The van der Waals surface area contributed by atoms with Crippen LogP contribution in [0, 0.1) is 0 Å². The maximum Gasteiger partial charge on any atom is 0.274 e. The van der Waals surface area contributed by atoms with Crippen molar-refractivity contribution < 1.29 is 14.3 Å². The van der Waals surface area contributed by atoms with E-state index in [9.17, 15) is 9.59 Å². The average Bonchev–Trinajstić information content (AvgIpc) is 3.26. The molecular formula is C21H20N4O3. The lowest BCUT2D eigenvalue weighted by molar-refractivity contribution is 0.0857. The Morgan fingerprint density at radius 2 is 1.96 bits per heavy atom. The number of fused-ring (bicyclic) bond motifs is 1. The molecule has 142 valence electrons. The quantitative estimate of drug-likeness (QED) is 0.714. The molecule has 2 N–H and O–H groups in total. The Morgan fingerprint density at radius 3 is 2.82 bits per heavy atom. The second-order valence-corrected chi connectivity index (χ2v) is 6.61. The number of nitrogens with zero attached hydrogens (tertiary/aromatic N) is 2. The zero-order valence-corrected chi connectivity index (χ0v) is 15.2. The number of pyridine rings is 2. The molecule has 1 unspecified atom stereocenters. The summed E-state index contributed by atoms with van der Waals surface area (Å²) < 4.78 is 5.51. The van der Waals surface area contributed by atoms with Gasteiger partial charge in [-0.1, -0.05) is 18.2 Å². The van der Waals surface area contributed by atoms with Crippen molar-refractivity contribution in [2.75, 3.05) is 18.5 Å². The number of hydrogen-bond donors (Lipinski definition) is 2. The van der Waals surface area contributed by atoms with Crippen LogP contribution >= 0.6 is 0 Å². The topological polar surface area (TPSA) is 93.2 Å². The van der Waals surface area contributed by atoms with Gasteiger partial charge in [-0.05, 0) is 37.1 Å². The lowest BCUT2D eigenvalue weighted by Crippen LogP contribution is -2.32. The van der Waals surface area contributed by atoms with E-state index in [-0.39, 0.29) is 17.7 Å². The molecular weight excluding hydrogens is 356 g/mol. The summed E-state index contributed by atoms with van der Waals surface area (Å²) in [6, 6.07) is 12.4. The third kappa shape index (κ3) is 3.99. The number of nitrogens with one attached hydrogen (secondary N) is 2. The van der Waals surface area contributed by atoms with E-state index >= 15 is 0 Å². The van der Waals surface area contributed by atoms with Crippen LogP contribution in [0.1, 0.15) is 33.7 Å². The molecule has 2 amide bonds. The van der Waals surface area contributed by atoms with Crippen molar-refractivity contribution in [1.82, 2.24) is 15.3 Å². The summed E-state index contributed by atoms with van der Waals surface area (Å²) in [5.41, 5.74) is 1.84. The second kappa shape index (κ2) is 8.14. The standard InChI is InChI=1S/C21H20N4O3/c26-20(24-13-16-6-3-11-28-16)15-8-10-22-18(12-15)21(27)25-17-7-1-4-14-5-2-9-23-19(14)17/h1-2,4-5,7-10,12,16H,3,6,11,13H2,(H,24,26)(H,25,27). The molecule has 0 aliphatic carbocycles. The number of ether oxygens (including phenoxy) is 1. The van der Waals surface area contributed by atoms with Crippen LogP contribution in [0.4, 0.5) is 5.69 Å². The normalized spacial score (nSPS) is 16.1. The minimum absolute atomic E-state index is 0.0624. The molecule has 1 aliphatic rings. The predicted molar refractivity (Wildman–Crippen MR) is 105 cm³/mol. The Morgan fingerprint density at radius 1 is 1.07 bits per heavy atom. The molecule has 0 saturated carbocycles. The molecule has 7 heteroatoms. The minimum Gasteiger partial charge on any atom is -0.376 e. The fourth-order valence-corrected chi connectivity index (χ4v) is 3.20. The van der Waals surface area contributed by atoms with E-state index in [1.54, 1.807) is 18.3 Å². The van der Waals surface area contributed by atoms with Gasteiger partial charge in [0, 0.05) is 36.5 Å². The third-order valence-corrected chi connectivity index (χ3v) is 4.65. The Bertz CT molecular complexity index is 1010. The van der Waals surface area contributed by atoms with Crippen molar-refractivity contribution in [1.29, 1.82) is 0 Å². The molecule has 7 nitrogen and oxygen atoms in total. The van der Waals surface area contributed by atoms with E-state index in [2.05, 4.69) is 20.6 Å². The molecule has 1 aliphatic heterocycles. The Hall–Kier alpha value is -3.32. The molecule has 1 atom stereocenters. The van der Waals surface area contributed by atoms with Crippen LogP contribution in [0.15, 0.2) is 54.9 Å². The molecule has 1 saturated heterocycles. The molecule has 3 heterocycles. The van der Waals surface area contributed by atoms with Gasteiger partial charge in [0.2, 0.25) is 0 Å². The molecule has 3 aromatic rings. The van der Waals surface area contributed by atoms with Crippen molar-refractivity contribution in [2.45, 2.75) is 18.9 Å². The number of carbonyl (C=O) groups excluding carboxylic acids is 2. The number of amides is 2. The van der Waals surface area contributed by atoms with Crippen LogP contribution in [0.25, 0.3) is 10.9 Å². The molecule has 1 fully saturated rings. The summed E-state index contributed by atoms with van der Waals surface area (Å²) in [5.74, 6) is -0.647. The van der Waals surface area contributed by atoms with Gasteiger partial charge in [-0.2, -0.15) is 0 Å². The second-order valence-electron chi connectivity index (χ2n) is 6.61. The van der Waals surface area contributed by atoms with Crippen molar-refractivity contribution in [3.8, 4) is 0 Å². The highest BCUT2D eigenvalue weighted by atomic mass is 16.5. The number of carbonyl (C=O) groups is 2. The summed E-state index contributed by atoms with van der Waals surface area (Å²) >= 11 is 0. The van der Waals surface area contributed by atoms with Gasteiger partial charge >= 0.3 is 0 Å². The smallest absolute Gasteiger partial charge is 0.274 e. The fraction of sp³-hybridized carbons (Fsp3) is 0.238. The number of aromatic nitrogens is 2. The van der Waals surface area contributed by atoms with E-state index in [1.165, 1.54) is 12.3 Å². The lowest BCUT2D eigenvalue weighted by atomic mass is 10.1. The Labute approximate surface area is 162 Å². The first kappa shape index (κ1) is 18.1. The monoisotopic (exact) mass is 376 g/mol. The van der Waals surface area contributed by atoms with Crippen molar-refractivity contribution in [2.24, 2.45) is 0 Å². The summed E-state index contributed by atoms with van der Waals surface area (Å²) in [6.45, 7) is 1.20. The van der Waals surface area contributed by atoms with E-state index in [0.717, 1.165) is 24.8 Å². The van der Waals surface area contributed by atoms with Crippen molar-refractivity contribution in [3.05, 3.63) is 66.1 Å². The zero-order valence-electron chi connectivity index (χ0n) is 15.2. The van der Waals surface area contributed by atoms with Gasteiger partial charge in [0.05, 0.1) is 17.3 Å². The molecule has 1 aromatic carbocycles. The van der Waals surface area contributed by atoms with Gasteiger partial charge in [0.25, 0.3) is 11.8 Å². The maximum atomic E-state index is 12.6. The lowest BCUT2D eigenvalue weighted by Gasteiger charge is -2.11. The van der Waals surface area contributed by atoms with Gasteiger partial charge in [-0.3, -0.25) is 19.6 Å². The summed E-state index contributed by atoms with van der Waals surface area (Å²) in [4.78, 5) is 33.4. The molecule has 0 bridgehead atoms. The highest BCUT2D eigenvalue weighted by Gasteiger charge is 2.18. The SMILES string of the molecule is O=C(NCC1CCCO1)c1ccnc(C(=O)Nc2cccc3cccnc23)c1. The molecule has 0 radical (unpaired) electrons. The van der Waals surface area contributed by atoms with E-state index in [1.807, 2.05) is 24.3 Å². The minimum atomic E-state index is -0.396. The summed E-state index contributed by atoms with van der Waals surface area (Å²) in [6.07, 6.45) is 5.16. The number of anilines is 1. The molecule has 4 rings (SSSR count). The van der Waals surface area contributed by atoms with Crippen molar-refractivity contribution >= 4 is 28.4 Å². The zero-order chi connectivity index (χ0) is 19.3. The van der Waals surface area contributed by atoms with Gasteiger partial charge in [-0.15, -0.1) is 0 Å². The van der Waals surface area contributed by atoms with Crippen LogP contribution < -0.4 is 10.6 Å². The first-order valence-corrected chi connectivity index (χ1v) is 9.22. The Kier molecular flexibility index (Phi) is 5.25. The first-order valence-electron chi connectivity index (χ1n) is 9.22. The van der Waals surface area contributed by atoms with E-state index in [0.29, 0.717) is 23.3 Å². The number of hydrogen-bond acceptors (Lipinski definition) is 5. The highest BCUT2D eigenvalue weighted by Crippen LogP contribution is 2.21. The van der Waals surface area contributed by atoms with E-state index < -0.39 is 5.91 Å². The summed E-state index contributed by atoms with van der Waals surface area (Å²) in [7, 11) is 0. The highest BCUT2D eigenvalue weighted by molar-refractivity contribution is 6.08. The largest absolute Gasteiger partial charge is 0.376 e. The van der Waals surface area contributed by atoms with Gasteiger partial charge in [0.1, 0.15) is 5.69 Å². The average molecular weight is 376 g/mol. The Balaban J connectivity index is 1.47. The van der Waals surface area contributed by atoms with Crippen LogP contribution in [0.2, 0.25) is 0 Å². The summed E-state index contributed by atoms with van der Waals surface area (Å²) in [5, 5.41) is 6.60. The van der Waals surface area contributed by atoms with Crippen molar-refractivity contribution in [3.63, 3.8) is 0 Å². The fourth-order valence-electron chi connectivity index (χ4n) is 3.20. The number of para-hydroxylation sites is 1. The number of benzene rings is 1. The maximum absolute atomic E-state index is 12.6. The first-order chi connectivity index (χ1) is 13.7. The van der Waals surface area contributed by atoms with Crippen LogP contribution in [-0.2, 0) is 4.74 Å². The van der Waals surface area contributed by atoms with Gasteiger partial charge in [0.15, 0.2) is 0 Å². The van der Waals surface area contributed by atoms with Crippen LogP contribution in [-0.4, -0.2) is 41.0 Å². The van der Waals surface area contributed by atoms with E-state index in [4.69, 9.17) is 4.74 Å². The van der Waals surface area contributed by atoms with Gasteiger partial charge in [-0.25, -0.2) is 0 Å². The van der Waals surface area contributed by atoms with Crippen LogP contribution in [0.5, 0.6) is 0 Å². The molecule has 28 heavy (non-hydrogen) atoms. The van der Waals surface area contributed by atoms with Gasteiger partial charge < -0.3 is 15.4 Å². The molecule has 0 spiro atoms. The van der Waals surface area contributed by atoms with Crippen LogP contribution in [0.3, 0.4) is 0 Å².